The molecule has 2 unspecified atom stereocenters. The Hall–Kier alpha value is -1.20. The molecule has 1 heterocycles. The minimum Gasteiger partial charge on any atom is -0.365 e. The zero-order chi connectivity index (χ0) is 12.4. The number of benzene rings is 1. The molecule has 2 rings (SSSR count). The van der Waals surface area contributed by atoms with Gasteiger partial charge < -0.3 is 4.90 Å². The highest BCUT2D eigenvalue weighted by molar-refractivity contribution is 6.30. The predicted octanol–water partition coefficient (Wildman–Crippen LogP) is 3.98. The Morgan fingerprint density at radius 1 is 1.47 bits per heavy atom. The Balaban J connectivity index is 2.42. The number of halogens is 1. The third kappa shape index (κ3) is 2.25. The molecule has 0 aromatic heterocycles. The second-order valence-electron chi connectivity index (χ2n) is 4.67. The predicted molar refractivity (Wildman–Crippen MR) is 71.4 cm³/mol. The van der Waals surface area contributed by atoms with Crippen molar-refractivity contribution in [1.82, 2.24) is 0 Å². The molecule has 0 bridgehead atoms. The van der Waals surface area contributed by atoms with Crippen LogP contribution in [0, 0.1) is 11.3 Å². The maximum Gasteiger partial charge on any atom is 0.101 e. The van der Waals surface area contributed by atoms with Crippen molar-refractivity contribution in [3.63, 3.8) is 0 Å². The van der Waals surface area contributed by atoms with Crippen LogP contribution >= 0.6 is 11.6 Å². The molecule has 0 spiro atoms. The number of rotatable bonds is 2. The quantitative estimate of drug-likeness (QED) is 0.792. The molecule has 1 aliphatic heterocycles. The van der Waals surface area contributed by atoms with Crippen LogP contribution in [0.4, 0.5) is 5.69 Å². The number of hydrogen-bond acceptors (Lipinski definition) is 2. The van der Waals surface area contributed by atoms with Gasteiger partial charge in [0, 0.05) is 17.1 Å². The van der Waals surface area contributed by atoms with Gasteiger partial charge in [-0.1, -0.05) is 18.5 Å². The fourth-order valence-corrected chi connectivity index (χ4v) is 2.90. The lowest BCUT2D eigenvalue weighted by molar-refractivity contribution is 0.627. The molecule has 1 saturated heterocycles. The Morgan fingerprint density at radius 3 is 2.88 bits per heavy atom. The summed E-state index contributed by atoms with van der Waals surface area (Å²) in [4.78, 5) is 2.38. The van der Waals surface area contributed by atoms with Crippen molar-refractivity contribution < 1.29 is 0 Å². The molecular weight excluding hydrogens is 232 g/mol. The minimum absolute atomic E-state index is 0.508. The molecule has 0 aliphatic carbocycles. The Kier molecular flexibility index (Phi) is 3.59. The maximum atomic E-state index is 9.21. The van der Waals surface area contributed by atoms with Gasteiger partial charge in [0.05, 0.1) is 11.3 Å². The number of hydrogen-bond donors (Lipinski definition) is 0. The molecule has 0 N–H and O–H groups in total. The van der Waals surface area contributed by atoms with Crippen molar-refractivity contribution in [2.45, 2.75) is 45.2 Å². The first-order valence-electron chi connectivity index (χ1n) is 6.15. The molecule has 3 heteroatoms. The van der Waals surface area contributed by atoms with Gasteiger partial charge in [0.15, 0.2) is 0 Å². The summed E-state index contributed by atoms with van der Waals surface area (Å²) in [5, 5.41) is 9.84. The highest BCUT2D eigenvalue weighted by atomic mass is 35.5. The molecule has 1 fully saturated rings. The van der Waals surface area contributed by atoms with E-state index in [4.69, 9.17) is 11.6 Å². The topological polar surface area (TPSA) is 27.0 Å². The fraction of sp³-hybridized carbons (Fsp3) is 0.500. The van der Waals surface area contributed by atoms with Crippen LogP contribution in [0.25, 0.3) is 0 Å². The summed E-state index contributed by atoms with van der Waals surface area (Å²) in [6.45, 7) is 4.43. The van der Waals surface area contributed by atoms with Crippen molar-refractivity contribution in [2.75, 3.05) is 4.90 Å². The lowest BCUT2D eigenvalue weighted by Gasteiger charge is -2.31. The van der Waals surface area contributed by atoms with Crippen molar-refractivity contribution in [1.29, 1.82) is 5.26 Å². The fourth-order valence-electron chi connectivity index (χ4n) is 2.73. The van der Waals surface area contributed by atoms with E-state index in [9.17, 15) is 5.26 Å². The van der Waals surface area contributed by atoms with Crippen LogP contribution in [0.1, 0.15) is 38.7 Å². The van der Waals surface area contributed by atoms with Gasteiger partial charge in [-0.15, -0.1) is 0 Å². The number of anilines is 1. The largest absolute Gasteiger partial charge is 0.365 e. The van der Waals surface area contributed by atoms with Crippen molar-refractivity contribution in [3.05, 3.63) is 28.8 Å². The first-order valence-corrected chi connectivity index (χ1v) is 6.53. The summed E-state index contributed by atoms with van der Waals surface area (Å²) < 4.78 is 0. The minimum atomic E-state index is 0.508. The van der Waals surface area contributed by atoms with Crippen LogP contribution < -0.4 is 4.90 Å². The first kappa shape index (κ1) is 12.3. The molecule has 0 saturated carbocycles. The van der Waals surface area contributed by atoms with E-state index >= 15 is 0 Å². The molecule has 2 nitrogen and oxygen atoms in total. The van der Waals surface area contributed by atoms with Gasteiger partial charge >= 0.3 is 0 Å². The monoisotopic (exact) mass is 248 g/mol. The zero-order valence-corrected chi connectivity index (χ0v) is 11.0. The summed E-state index contributed by atoms with van der Waals surface area (Å²) in [6, 6.07) is 8.92. The van der Waals surface area contributed by atoms with Crippen LogP contribution in [0.3, 0.4) is 0 Å². The van der Waals surface area contributed by atoms with Crippen molar-refractivity contribution in [3.8, 4) is 6.07 Å². The lowest BCUT2D eigenvalue weighted by atomic mass is 10.1. The van der Waals surface area contributed by atoms with Crippen LogP contribution in [0.15, 0.2) is 18.2 Å². The van der Waals surface area contributed by atoms with E-state index in [1.54, 1.807) is 6.07 Å². The Morgan fingerprint density at radius 2 is 2.24 bits per heavy atom. The molecule has 0 radical (unpaired) electrons. The van der Waals surface area contributed by atoms with E-state index in [2.05, 4.69) is 24.8 Å². The molecular formula is C14H17ClN2. The van der Waals surface area contributed by atoms with Crippen LogP contribution in [0.2, 0.25) is 5.02 Å². The SMILES string of the molecule is CCC1CCC(C)N1c1ccc(Cl)cc1C#N. The Labute approximate surface area is 108 Å². The molecule has 1 aromatic rings. The maximum absolute atomic E-state index is 9.21. The summed E-state index contributed by atoms with van der Waals surface area (Å²) in [5.74, 6) is 0. The lowest BCUT2D eigenvalue weighted by Crippen LogP contribution is -2.34. The highest BCUT2D eigenvalue weighted by Gasteiger charge is 2.30. The normalized spacial score (nSPS) is 23.8. The average Bonchev–Trinajstić information content (AvgIpc) is 2.70. The molecule has 1 aromatic carbocycles. The van der Waals surface area contributed by atoms with Crippen LogP contribution in [-0.4, -0.2) is 12.1 Å². The van der Waals surface area contributed by atoms with Gasteiger partial charge in [-0.05, 0) is 44.4 Å². The smallest absolute Gasteiger partial charge is 0.101 e. The van der Waals surface area contributed by atoms with Crippen LogP contribution in [0.5, 0.6) is 0 Å². The van der Waals surface area contributed by atoms with E-state index in [-0.39, 0.29) is 0 Å². The van der Waals surface area contributed by atoms with Crippen LogP contribution in [-0.2, 0) is 0 Å². The van der Waals surface area contributed by atoms with E-state index < -0.39 is 0 Å². The van der Waals surface area contributed by atoms with Crippen molar-refractivity contribution >= 4 is 17.3 Å². The highest BCUT2D eigenvalue weighted by Crippen LogP contribution is 2.34. The molecule has 0 amide bonds. The third-order valence-corrected chi connectivity index (χ3v) is 3.85. The van der Waals surface area contributed by atoms with Gasteiger partial charge in [-0.2, -0.15) is 5.26 Å². The van der Waals surface area contributed by atoms with Gasteiger partial charge in [-0.25, -0.2) is 0 Å². The van der Waals surface area contributed by atoms with Gasteiger partial charge in [0.25, 0.3) is 0 Å². The Bertz CT molecular complexity index is 450. The zero-order valence-electron chi connectivity index (χ0n) is 10.3. The van der Waals surface area contributed by atoms with Gasteiger partial charge in [0.2, 0.25) is 0 Å². The molecule has 90 valence electrons. The average molecular weight is 249 g/mol. The third-order valence-electron chi connectivity index (χ3n) is 3.61. The van der Waals surface area contributed by atoms with E-state index in [0.29, 0.717) is 22.7 Å². The molecule has 2 atom stereocenters. The number of nitrogens with zero attached hydrogens (tertiary/aromatic N) is 2. The second kappa shape index (κ2) is 4.98. The second-order valence-corrected chi connectivity index (χ2v) is 5.11. The van der Waals surface area contributed by atoms with E-state index in [0.717, 1.165) is 12.1 Å². The van der Waals surface area contributed by atoms with Gasteiger partial charge in [0.1, 0.15) is 6.07 Å². The summed E-state index contributed by atoms with van der Waals surface area (Å²) in [7, 11) is 0. The van der Waals surface area contributed by atoms with Crippen molar-refractivity contribution in [2.24, 2.45) is 0 Å². The standard InChI is InChI=1S/C14H17ClN2/c1-3-13-6-4-10(2)17(13)14-7-5-12(15)8-11(14)9-16/h5,7-8,10,13H,3-4,6H2,1-2H3. The summed E-state index contributed by atoms with van der Waals surface area (Å²) in [5.41, 5.74) is 1.72. The molecule has 1 aliphatic rings. The summed E-state index contributed by atoms with van der Waals surface area (Å²) in [6.07, 6.45) is 3.54. The molecule has 17 heavy (non-hydrogen) atoms. The number of nitriles is 1. The van der Waals surface area contributed by atoms with E-state index in [1.807, 2.05) is 12.1 Å². The van der Waals surface area contributed by atoms with Gasteiger partial charge in [-0.3, -0.25) is 0 Å². The summed E-state index contributed by atoms with van der Waals surface area (Å²) >= 11 is 5.94. The van der Waals surface area contributed by atoms with E-state index in [1.165, 1.54) is 12.8 Å². The first-order chi connectivity index (χ1) is 8.17.